The Morgan fingerprint density at radius 3 is 2.56 bits per heavy atom. The fourth-order valence-electron chi connectivity index (χ4n) is 2.02. The van der Waals surface area contributed by atoms with E-state index in [0.717, 1.165) is 12.8 Å². The van der Waals surface area contributed by atoms with Gasteiger partial charge in [0.25, 0.3) is 15.0 Å². The van der Waals surface area contributed by atoms with Gasteiger partial charge in [0, 0.05) is 30.0 Å². The number of H-pyrrole nitrogens is 1. The van der Waals surface area contributed by atoms with E-state index in [-0.39, 0.29) is 16.5 Å². The molecule has 0 bridgehead atoms. The fraction of sp³-hybridized carbons (Fsp3) is 0.545. The summed E-state index contributed by atoms with van der Waals surface area (Å²) >= 11 is 0. The van der Waals surface area contributed by atoms with Gasteiger partial charge in [0.1, 0.15) is 10.6 Å². The number of hydrogen-bond donors (Lipinski definition) is 1. The smallest absolute Gasteiger partial charge is 0.270 e. The number of halogens is 1. The van der Waals surface area contributed by atoms with Gasteiger partial charge in [0.15, 0.2) is 0 Å². The summed E-state index contributed by atoms with van der Waals surface area (Å²) in [5.41, 5.74) is 0.267. The molecule has 7 heteroatoms. The van der Waals surface area contributed by atoms with E-state index in [9.17, 15) is 13.2 Å². The van der Waals surface area contributed by atoms with Crippen molar-refractivity contribution < 1.29 is 13.2 Å². The molecule has 1 aliphatic heterocycles. The maximum atomic E-state index is 12.1. The highest BCUT2D eigenvalue weighted by atomic mass is 35.7. The molecule has 2 heterocycles. The molecule has 0 saturated carbocycles. The highest BCUT2D eigenvalue weighted by Crippen LogP contribution is 2.20. The van der Waals surface area contributed by atoms with Crippen LogP contribution in [0.25, 0.3) is 0 Å². The van der Waals surface area contributed by atoms with E-state index in [0.29, 0.717) is 19.0 Å². The van der Waals surface area contributed by atoms with Crippen molar-refractivity contribution in [3.63, 3.8) is 0 Å². The van der Waals surface area contributed by atoms with Gasteiger partial charge in [-0.25, -0.2) is 8.42 Å². The molecular weight excluding hydrogens is 276 g/mol. The Labute approximate surface area is 111 Å². The molecule has 0 aliphatic carbocycles. The van der Waals surface area contributed by atoms with Crippen molar-refractivity contribution in [2.24, 2.45) is 5.92 Å². The van der Waals surface area contributed by atoms with Crippen molar-refractivity contribution in [2.75, 3.05) is 13.1 Å². The Kier molecular flexibility index (Phi) is 3.68. The number of aromatic nitrogens is 1. The number of aromatic amines is 1. The number of carbonyl (C=O) groups excluding carboxylic acids is 1. The van der Waals surface area contributed by atoms with Gasteiger partial charge in [-0.2, -0.15) is 0 Å². The van der Waals surface area contributed by atoms with E-state index in [1.165, 1.54) is 12.3 Å². The normalized spacial score (nSPS) is 18.0. The molecule has 1 fully saturated rings. The lowest BCUT2D eigenvalue weighted by Crippen LogP contribution is -2.38. The average Bonchev–Trinajstić information content (AvgIpc) is 2.78. The SMILES string of the molecule is CC1CCN(C(=O)c2cc(S(=O)(=O)Cl)c[nH]2)CC1. The quantitative estimate of drug-likeness (QED) is 0.845. The van der Waals surface area contributed by atoms with Crippen molar-refractivity contribution >= 4 is 25.6 Å². The molecule has 1 amide bonds. The molecule has 0 unspecified atom stereocenters. The van der Waals surface area contributed by atoms with E-state index in [4.69, 9.17) is 10.7 Å². The molecule has 0 atom stereocenters. The van der Waals surface area contributed by atoms with E-state index in [2.05, 4.69) is 11.9 Å². The van der Waals surface area contributed by atoms with E-state index in [1.807, 2.05) is 0 Å². The van der Waals surface area contributed by atoms with Crippen LogP contribution in [0.1, 0.15) is 30.3 Å². The van der Waals surface area contributed by atoms with Crippen molar-refractivity contribution in [1.82, 2.24) is 9.88 Å². The summed E-state index contributed by atoms with van der Waals surface area (Å²) in [7, 11) is 1.42. The molecule has 0 radical (unpaired) electrons. The first kappa shape index (κ1) is 13.4. The lowest BCUT2D eigenvalue weighted by atomic mass is 9.99. The Bertz CT molecular complexity index is 544. The van der Waals surface area contributed by atoms with Crippen LogP contribution < -0.4 is 0 Å². The summed E-state index contributed by atoms with van der Waals surface area (Å²) in [5, 5.41) is 0. The number of amides is 1. The first-order chi connectivity index (χ1) is 8.38. The molecule has 1 aliphatic rings. The minimum absolute atomic E-state index is 0.0714. The summed E-state index contributed by atoms with van der Waals surface area (Å²) in [6.07, 6.45) is 3.20. The third-order valence-corrected chi connectivity index (χ3v) is 4.57. The van der Waals surface area contributed by atoms with E-state index in [1.54, 1.807) is 4.90 Å². The Hall–Kier alpha value is -1.01. The second-order valence-corrected chi connectivity index (χ2v) is 7.23. The van der Waals surface area contributed by atoms with Crippen LogP contribution >= 0.6 is 10.7 Å². The molecule has 0 aromatic carbocycles. The van der Waals surface area contributed by atoms with Crippen LogP contribution in [0, 0.1) is 5.92 Å². The van der Waals surface area contributed by atoms with Gasteiger partial charge in [-0.05, 0) is 24.8 Å². The lowest BCUT2D eigenvalue weighted by Gasteiger charge is -2.29. The third kappa shape index (κ3) is 2.87. The zero-order valence-electron chi connectivity index (χ0n) is 10.0. The number of carbonyl (C=O) groups is 1. The Morgan fingerprint density at radius 2 is 2.06 bits per heavy atom. The number of nitrogens with zero attached hydrogens (tertiary/aromatic N) is 1. The highest BCUT2D eigenvalue weighted by molar-refractivity contribution is 8.13. The predicted molar refractivity (Wildman–Crippen MR) is 68.1 cm³/mol. The zero-order valence-corrected chi connectivity index (χ0v) is 11.6. The van der Waals surface area contributed by atoms with Gasteiger partial charge < -0.3 is 9.88 Å². The summed E-state index contributed by atoms with van der Waals surface area (Å²) in [6, 6.07) is 1.28. The number of likely N-dealkylation sites (tertiary alicyclic amines) is 1. The number of nitrogens with one attached hydrogen (secondary N) is 1. The molecule has 0 spiro atoms. The Morgan fingerprint density at radius 1 is 1.44 bits per heavy atom. The van der Waals surface area contributed by atoms with Crippen LogP contribution in [0.3, 0.4) is 0 Å². The van der Waals surface area contributed by atoms with Gasteiger partial charge >= 0.3 is 0 Å². The molecule has 2 rings (SSSR count). The molecule has 1 N–H and O–H groups in total. The van der Waals surface area contributed by atoms with Crippen LogP contribution in [0.15, 0.2) is 17.2 Å². The predicted octanol–water partition coefficient (Wildman–Crippen LogP) is 1.81. The van der Waals surface area contributed by atoms with Crippen LogP contribution in [0.2, 0.25) is 0 Å². The van der Waals surface area contributed by atoms with Gasteiger partial charge in [0.05, 0.1) is 0 Å². The van der Waals surface area contributed by atoms with Crippen molar-refractivity contribution in [3.8, 4) is 0 Å². The van der Waals surface area contributed by atoms with Gasteiger partial charge in [-0.1, -0.05) is 6.92 Å². The van der Waals surface area contributed by atoms with Crippen molar-refractivity contribution in [1.29, 1.82) is 0 Å². The third-order valence-electron chi connectivity index (χ3n) is 3.24. The minimum atomic E-state index is -3.78. The highest BCUT2D eigenvalue weighted by Gasteiger charge is 2.23. The van der Waals surface area contributed by atoms with Crippen LogP contribution in [-0.2, 0) is 9.05 Å². The van der Waals surface area contributed by atoms with Crippen LogP contribution in [0.5, 0.6) is 0 Å². The van der Waals surface area contributed by atoms with E-state index >= 15 is 0 Å². The summed E-state index contributed by atoms with van der Waals surface area (Å²) in [6.45, 7) is 3.58. The van der Waals surface area contributed by atoms with Crippen LogP contribution in [-0.4, -0.2) is 37.3 Å². The van der Waals surface area contributed by atoms with Gasteiger partial charge in [-0.15, -0.1) is 0 Å². The first-order valence-corrected chi connectivity index (χ1v) is 8.11. The topological polar surface area (TPSA) is 70.2 Å². The molecule has 100 valence electrons. The van der Waals surface area contributed by atoms with Crippen molar-refractivity contribution in [3.05, 3.63) is 18.0 Å². The average molecular weight is 291 g/mol. The molecule has 1 aromatic heterocycles. The largest absolute Gasteiger partial charge is 0.356 e. The molecule has 1 aromatic rings. The number of piperidine rings is 1. The van der Waals surface area contributed by atoms with Gasteiger partial charge in [0.2, 0.25) is 0 Å². The van der Waals surface area contributed by atoms with E-state index < -0.39 is 9.05 Å². The van der Waals surface area contributed by atoms with Gasteiger partial charge in [-0.3, -0.25) is 4.79 Å². The number of rotatable bonds is 2. The first-order valence-electron chi connectivity index (χ1n) is 5.80. The number of hydrogen-bond acceptors (Lipinski definition) is 3. The summed E-state index contributed by atoms with van der Waals surface area (Å²) in [5.74, 6) is 0.463. The zero-order chi connectivity index (χ0) is 13.3. The summed E-state index contributed by atoms with van der Waals surface area (Å²) < 4.78 is 22.2. The molecular formula is C11H15ClN2O3S. The van der Waals surface area contributed by atoms with Crippen molar-refractivity contribution in [2.45, 2.75) is 24.7 Å². The maximum Gasteiger partial charge on any atom is 0.270 e. The second kappa shape index (κ2) is 4.93. The minimum Gasteiger partial charge on any atom is -0.356 e. The molecule has 5 nitrogen and oxygen atoms in total. The monoisotopic (exact) mass is 290 g/mol. The second-order valence-electron chi connectivity index (χ2n) is 4.66. The maximum absolute atomic E-state index is 12.1. The molecule has 18 heavy (non-hydrogen) atoms. The standard InChI is InChI=1S/C11H15ClN2O3S/c1-8-2-4-14(5-3-8)11(15)10-6-9(7-13-10)18(12,16)17/h6-8,13H,2-5H2,1H3. The Balaban J connectivity index is 2.12. The van der Waals surface area contributed by atoms with Crippen LogP contribution in [0.4, 0.5) is 0 Å². The summed E-state index contributed by atoms with van der Waals surface area (Å²) in [4.78, 5) is 16.4. The fourth-order valence-corrected chi connectivity index (χ4v) is 2.75. The lowest BCUT2D eigenvalue weighted by molar-refractivity contribution is 0.0692. The molecule has 1 saturated heterocycles.